The minimum absolute atomic E-state index is 0.281. The van der Waals surface area contributed by atoms with E-state index in [0.717, 1.165) is 11.1 Å². The van der Waals surface area contributed by atoms with Crippen molar-refractivity contribution in [2.45, 2.75) is 13.0 Å². The largest absolute Gasteiger partial charge is 0.383 e. The van der Waals surface area contributed by atoms with Crippen molar-refractivity contribution in [3.8, 4) is 0 Å². The number of benzene rings is 1. The van der Waals surface area contributed by atoms with Gasteiger partial charge in [-0.1, -0.05) is 22.0 Å². The van der Waals surface area contributed by atoms with Gasteiger partial charge in [-0.25, -0.2) is 9.37 Å². The lowest BCUT2D eigenvalue weighted by molar-refractivity contribution is 0.573. The average Bonchev–Trinajstić information content (AvgIpc) is 2.36. The van der Waals surface area contributed by atoms with Gasteiger partial charge in [-0.15, -0.1) is 0 Å². The van der Waals surface area contributed by atoms with Crippen molar-refractivity contribution in [2.75, 3.05) is 12.8 Å². The Hall–Kier alpha value is -1.46. The maximum absolute atomic E-state index is 14.1. The van der Waals surface area contributed by atoms with Crippen molar-refractivity contribution in [1.82, 2.24) is 10.3 Å². The van der Waals surface area contributed by atoms with Gasteiger partial charge in [-0.05, 0) is 37.7 Å². The molecule has 0 amide bonds. The summed E-state index contributed by atoms with van der Waals surface area (Å²) >= 11 is 3.39. The Morgan fingerprint density at radius 2 is 2.05 bits per heavy atom. The highest BCUT2D eigenvalue weighted by Gasteiger charge is 2.23. The smallest absolute Gasteiger partial charge is 0.129 e. The van der Waals surface area contributed by atoms with Crippen LogP contribution in [0.15, 0.2) is 34.9 Å². The monoisotopic (exact) mass is 323 g/mol. The predicted molar refractivity (Wildman–Crippen MR) is 78.4 cm³/mol. The minimum Gasteiger partial charge on any atom is -0.383 e. The van der Waals surface area contributed by atoms with Crippen LogP contribution in [-0.2, 0) is 0 Å². The molecule has 5 heteroatoms. The molecule has 0 aliphatic carbocycles. The third kappa shape index (κ3) is 2.62. The van der Waals surface area contributed by atoms with Crippen LogP contribution < -0.4 is 11.1 Å². The fraction of sp³-hybridized carbons (Fsp3) is 0.214. The number of nitrogen functional groups attached to an aromatic ring is 1. The first-order chi connectivity index (χ1) is 9.06. The first-order valence-electron chi connectivity index (χ1n) is 5.88. The fourth-order valence-corrected chi connectivity index (χ4v) is 2.76. The van der Waals surface area contributed by atoms with Crippen molar-refractivity contribution >= 4 is 21.7 Å². The summed E-state index contributed by atoms with van der Waals surface area (Å²) in [6.07, 6.45) is 1.65. The molecule has 0 bridgehead atoms. The van der Waals surface area contributed by atoms with E-state index >= 15 is 0 Å². The molecule has 0 saturated heterocycles. The lowest BCUT2D eigenvalue weighted by atomic mass is 9.95. The summed E-state index contributed by atoms with van der Waals surface area (Å²) in [4.78, 5) is 4.09. The second-order valence-corrected chi connectivity index (χ2v) is 5.14. The molecule has 0 saturated carbocycles. The second kappa shape index (κ2) is 5.67. The minimum atomic E-state index is -0.343. The van der Waals surface area contributed by atoms with Crippen LogP contribution in [0.3, 0.4) is 0 Å². The van der Waals surface area contributed by atoms with Crippen LogP contribution in [0.1, 0.15) is 22.7 Å². The number of hydrogen-bond acceptors (Lipinski definition) is 3. The summed E-state index contributed by atoms with van der Waals surface area (Å²) in [5.74, 6) is 0.130. The van der Waals surface area contributed by atoms with Crippen molar-refractivity contribution in [2.24, 2.45) is 0 Å². The van der Waals surface area contributed by atoms with E-state index in [1.165, 1.54) is 6.07 Å². The van der Waals surface area contributed by atoms with Gasteiger partial charge in [0, 0.05) is 21.8 Å². The molecule has 19 heavy (non-hydrogen) atoms. The van der Waals surface area contributed by atoms with Crippen molar-refractivity contribution in [3.05, 3.63) is 57.4 Å². The van der Waals surface area contributed by atoms with Crippen molar-refractivity contribution in [3.63, 3.8) is 0 Å². The highest BCUT2D eigenvalue weighted by molar-refractivity contribution is 9.10. The van der Waals surface area contributed by atoms with E-state index in [0.29, 0.717) is 15.9 Å². The van der Waals surface area contributed by atoms with Gasteiger partial charge in [0.25, 0.3) is 0 Å². The van der Waals surface area contributed by atoms with Gasteiger partial charge in [0.1, 0.15) is 11.6 Å². The summed E-state index contributed by atoms with van der Waals surface area (Å²) in [5, 5.41) is 3.11. The van der Waals surface area contributed by atoms with E-state index in [-0.39, 0.29) is 11.9 Å². The number of nitrogens with zero attached hydrogens (tertiary/aromatic N) is 1. The Bertz CT molecular complexity index is 509. The van der Waals surface area contributed by atoms with Gasteiger partial charge in [0.15, 0.2) is 0 Å². The Morgan fingerprint density at radius 1 is 1.32 bits per heavy atom. The summed E-state index contributed by atoms with van der Waals surface area (Å²) in [6, 6.07) is 6.43. The van der Waals surface area contributed by atoms with Crippen LogP contribution >= 0.6 is 15.9 Å². The first kappa shape index (κ1) is 14.0. The Labute approximate surface area is 120 Å². The Kier molecular flexibility index (Phi) is 4.17. The van der Waals surface area contributed by atoms with Gasteiger partial charge in [-0.3, -0.25) is 0 Å². The zero-order valence-corrected chi connectivity index (χ0v) is 12.3. The van der Waals surface area contributed by atoms with Crippen molar-refractivity contribution < 1.29 is 4.39 Å². The molecule has 0 spiro atoms. The van der Waals surface area contributed by atoms with Crippen LogP contribution in [0.25, 0.3) is 0 Å². The third-order valence-corrected chi connectivity index (χ3v) is 3.80. The van der Waals surface area contributed by atoms with Gasteiger partial charge in [-0.2, -0.15) is 0 Å². The molecule has 1 unspecified atom stereocenters. The predicted octanol–water partition coefficient (Wildman–Crippen LogP) is 3.18. The summed E-state index contributed by atoms with van der Waals surface area (Å²) in [7, 11) is 1.77. The van der Waals surface area contributed by atoms with Gasteiger partial charge in [0.2, 0.25) is 0 Å². The third-order valence-electron chi connectivity index (χ3n) is 3.10. The van der Waals surface area contributed by atoms with Crippen molar-refractivity contribution in [1.29, 1.82) is 0 Å². The molecule has 0 aliphatic heterocycles. The molecule has 3 nitrogen and oxygen atoms in total. The number of nitrogens with two attached hydrogens (primary N) is 1. The molecule has 2 aromatic rings. The molecule has 1 atom stereocenters. The van der Waals surface area contributed by atoms with Crippen LogP contribution in [0, 0.1) is 12.7 Å². The molecule has 1 heterocycles. The van der Waals surface area contributed by atoms with Gasteiger partial charge in [0.05, 0.1) is 6.04 Å². The topological polar surface area (TPSA) is 50.9 Å². The lowest BCUT2D eigenvalue weighted by Gasteiger charge is -2.22. The van der Waals surface area contributed by atoms with E-state index in [4.69, 9.17) is 5.73 Å². The molecule has 1 aromatic carbocycles. The molecule has 0 radical (unpaired) electrons. The Balaban J connectivity index is 2.64. The molecular weight excluding hydrogens is 309 g/mol. The highest BCUT2D eigenvalue weighted by atomic mass is 79.9. The van der Waals surface area contributed by atoms with Crippen LogP contribution in [-0.4, -0.2) is 12.0 Å². The average molecular weight is 324 g/mol. The number of nitrogens with one attached hydrogen (secondary N) is 1. The van der Waals surface area contributed by atoms with Crippen LogP contribution in [0.5, 0.6) is 0 Å². The molecule has 0 aliphatic rings. The second-order valence-electron chi connectivity index (χ2n) is 4.28. The standard InChI is InChI=1S/C14H15BrFN3/c1-8-6-7-19-14(17)11(8)13(18-2)12-9(15)4-3-5-10(12)16/h3-7,13,18H,1-2H3,(H2,17,19). The number of anilines is 1. The number of halogens is 2. The molecule has 2 rings (SSSR count). The van der Waals surface area contributed by atoms with E-state index in [9.17, 15) is 4.39 Å². The summed E-state index contributed by atoms with van der Waals surface area (Å²) < 4.78 is 14.8. The maximum Gasteiger partial charge on any atom is 0.129 e. The molecule has 3 N–H and O–H groups in total. The zero-order valence-electron chi connectivity index (χ0n) is 10.7. The van der Waals surface area contributed by atoms with Gasteiger partial charge < -0.3 is 11.1 Å². The van der Waals surface area contributed by atoms with Gasteiger partial charge >= 0.3 is 0 Å². The number of rotatable bonds is 3. The van der Waals surface area contributed by atoms with E-state index in [1.807, 2.05) is 19.1 Å². The SMILES string of the molecule is CNC(c1c(F)cccc1Br)c1c(C)ccnc1N. The van der Waals surface area contributed by atoms with E-state index in [2.05, 4.69) is 26.2 Å². The normalized spacial score (nSPS) is 12.4. The zero-order chi connectivity index (χ0) is 14.0. The highest BCUT2D eigenvalue weighted by Crippen LogP contribution is 2.34. The van der Waals surface area contributed by atoms with Crippen LogP contribution in [0.4, 0.5) is 10.2 Å². The lowest BCUT2D eigenvalue weighted by Crippen LogP contribution is -2.22. The van der Waals surface area contributed by atoms with E-state index in [1.54, 1.807) is 19.3 Å². The molecule has 1 aromatic heterocycles. The molecule has 0 fully saturated rings. The number of hydrogen-bond donors (Lipinski definition) is 2. The Morgan fingerprint density at radius 3 is 2.63 bits per heavy atom. The number of aryl methyl sites for hydroxylation is 1. The van der Waals surface area contributed by atoms with Crippen LogP contribution in [0.2, 0.25) is 0 Å². The van der Waals surface area contributed by atoms with E-state index < -0.39 is 0 Å². The number of aromatic nitrogens is 1. The maximum atomic E-state index is 14.1. The summed E-state index contributed by atoms with van der Waals surface area (Å²) in [5.41, 5.74) is 8.26. The molecule has 100 valence electrons. The fourth-order valence-electron chi connectivity index (χ4n) is 2.19. The number of pyridine rings is 1. The quantitative estimate of drug-likeness (QED) is 0.912. The first-order valence-corrected chi connectivity index (χ1v) is 6.67. The summed E-state index contributed by atoms with van der Waals surface area (Å²) in [6.45, 7) is 1.94. The molecular formula is C14H15BrFN3.